The zero-order valence-electron chi connectivity index (χ0n) is 21.5. The van der Waals surface area contributed by atoms with Gasteiger partial charge in [-0.1, -0.05) is 74.1 Å². The van der Waals surface area contributed by atoms with E-state index in [0.29, 0.717) is 28.6 Å². The lowest BCUT2D eigenvalue weighted by Crippen LogP contribution is -2.15. The summed E-state index contributed by atoms with van der Waals surface area (Å²) in [6.45, 7) is 13.0. The van der Waals surface area contributed by atoms with Gasteiger partial charge in [0.2, 0.25) is 5.91 Å². The summed E-state index contributed by atoms with van der Waals surface area (Å²) in [5.74, 6) is 1.92. The number of benzene rings is 2. The zero-order chi connectivity index (χ0) is 26.4. The van der Waals surface area contributed by atoms with Gasteiger partial charge in [-0.3, -0.25) is 9.36 Å². The number of ether oxygens (including phenoxy) is 1. The van der Waals surface area contributed by atoms with E-state index < -0.39 is 0 Å². The molecule has 7 nitrogen and oxygen atoms in total. The Morgan fingerprint density at radius 2 is 1.97 bits per heavy atom. The van der Waals surface area contributed by atoms with Crippen LogP contribution in [0.4, 0.5) is 5.13 Å². The molecule has 4 aromatic rings. The number of nitrogens with one attached hydrogen (secondary N) is 1. The van der Waals surface area contributed by atoms with E-state index in [0.717, 1.165) is 33.0 Å². The molecule has 192 valence electrons. The number of aryl methyl sites for hydroxylation is 2. The molecule has 0 aliphatic carbocycles. The summed E-state index contributed by atoms with van der Waals surface area (Å²) in [6, 6.07) is 16.2. The predicted molar refractivity (Wildman–Crippen MR) is 151 cm³/mol. The lowest BCUT2D eigenvalue weighted by Gasteiger charge is -2.15. The van der Waals surface area contributed by atoms with Gasteiger partial charge >= 0.3 is 0 Å². The Morgan fingerprint density at radius 1 is 1.19 bits per heavy atom. The third-order valence-electron chi connectivity index (χ3n) is 5.68. The largest absolute Gasteiger partial charge is 0.485 e. The molecule has 0 spiro atoms. The smallest absolute Gasteiger partial charge is 0.236 e. The van der Waals surface area contributed by atoms with E-state index in [2.05, 4.69) is 53.1 Å². The molecule has 1 N–H and O–H groups in total. The van der Waals surface area contributed by atoms with Crippen molar-refractivity contribution in [1.29, 1.82) is 0 Å². The van der Waals surface area contributed by atoms with Gasteiger partial charge in [0.05, 0.1) is 11.4 Å². The van der Waals surface area contributed by atoms with E-state index >= 15 is 0 Å². The number of amides is 1. The average Bonchev–Trinajstić information content (AvgIpc) is 3.44. The molecule has 4 rings (SSSR count). The maximum atomic E-state index is 12.7. The number of allylic oxidation sites excluding steroid dienone is 1. The molecule has 9 heteroatoms. The van der Waals surface area contributed by atoms with Gasteiger partial charge in [0.1, 0.15) is 12.4 Å². The quantitative estimate of drug-likeness (QED) is 0.172. The molecule has 0 radical (unpaired) electrons. The molecular weight excluding hydrogens is 502 g/mol. The van der Waals surface area contributed by atoms with E-state index in [1.54, 1.807) is 6.08 Å². The molecule has 0 bridgehead atoms. The topological polar surface area (TPSA) is 81.9 Å². The highest BCUT2D eigenvalue weighted by Crippen LogP contribution is 2.31. The third kappa shape index (κ3) is 6.67. The van der Waals surface area contributed by atoms with Gasteiger partial charge in [0.25, 0.3) is 0 Å². The monoisotopic (exact) mass is 533 g/mol. The Morgan fingerprint density at radius 3 is 2.70 bits per heavy atom. The molecule has 37 heavy (non-hydrogen) atoms. The Hall–Kier alpha value is -3.43. The summed E-state index contributed by atoms with van der Waals surface area (Å²) in [5.41, 5.74) is 4.21. The third-order valence-corrected chi connectivity index (χ3v) is 7.53. The molecule has 0 unspecified atom stereocenters. The molecule has 2 aromatic heterocycles. The number of hydrogen-bond acceptors (Lipinski definition) is 7. The first kappa shape index (κ1) is 26.6. The van der Waals surface area contributed by atoms with Gasteiger partial charge in [-0.25, -0.2) is 4.98 Å². The van der Waals surface area contributed by atoms with Crippen LogP contribution in [0.1, 0.15) is 41.6 Å². The van der Waals surface area contributed by atoms with E-state index in [-0.39, 0.29) is 18.3 Å². The van der Waals surface area contributed by atoms with Crippen molar-refractivity contribution in [3.8, 4) is 17.0 Å². The first-order valence-corrected chi connectivity index (χ1v) is 13.9. The van der Waals surface area contributed by atoms with Crippen LogP contribution in [-0.2, 0) is 17.9 Å². The zero-order valence-corrected chi connectivity index (χ0v) is 23.2. The molecule has 0 aliphatic heterocycles. The molecule has 0 aliphatic rings. The second kappa shape index (κ2) is 12.2. The summed E-state index contributed by atoms with van der Waals surface area (Å²) in [5, 5.41) is 12.8. The molecular formula is C28H31N5O2S2. The van der Waals surface area contributed by atoms with Crippen LogP contribution in [0.3, 0.4) is 0 Å². The van der Waals surface area contributed by atoms with Crippen LogP contribution in [0, 0.1) is 13.8 Å². The van der Waals surface area contributed by atoms with Crippen LogP contribution in [0.5, 0.6) is 5.75 Å². The number of aromatic nitrogens is 4. The van der Waals surface area contributed by atoms with Crippen molar-refractivity contribution in [2.24, 2.45) is 0 Å². The SMILES string of the molecule is C=CCn1c(COc2cc(C)ccc2C(C)C)nnc1SCC(=O)Nc1nc(-c2ccccc2)c(C)s1. The minimum atomic E-state index is -0.148. The summed E-state index contributed by atoms with van der Waals surface area (Å²) in [4.78, 5) is 18.4. The summed E-state index contributed by atoms with van der Waals surface area (Å²) in [6.07, 6.45) is 1.78. The van der Waals surface area contributed by atoms with Crippen LogP contribution in [0.25, 0.3) is 11.3 Å². The fraction of sp³-hybridized carbons (Fsp3) is 0.286. The molecule has 0 atom stereocenters. The second-order valence-electron chi connectivity index (χ2n) is 8.91. The van der Waals surface area contributed by atoms with Crippen molar-refractivity contribution < 1.29 is 9.53 Å². The fourth-order valence-corrected chi connectivity index (χ4v) is 5.45. The molecule has 2 heterocycles. The summed E-state index contributed by atoms with van der Waals surface area (Å²) >= 11 is 2.79. The van der Waals surface area contributed by atoms with Gasteiger partial charge in [-0.15, -0.1) is 28.1 Å². The van der Waals surface area contributed by atoms with E-state index in [9.17, 15) is 4.79 Å². The minimum absolute atomic E-state index is 0.148. The Labute approximate surface area is 226 Å². The highest BCUT2D eigenvalue weighted by atomic mass is 32.2. The first-order chi connectivity index (χ1) is 17.9. The standard InChI is InChI=1S/C28H31N5O2S2/c1-6-14-33-24(16-35-23-15-19(4)12-13-22(23)18(2)3)31-32-28(33)36-17-25(34)29-27-30-26(20(5)37-27)21-10-8-7-9-11-21/h6-13,15,18H,1,14,16-17H2,2-5H3,(H,29,30,34). The number of carbonyl (C=O) groups is 1. The van der Waals surface area contributed by atoms with Crippen molar-refractivity contribution in [1.82, 2.24) is 19.7 Å². The molecule has 2 aromatic carbocycles. The van der Waals surface area contributed by atoms with Crippen molar-refractivity contribution in [3.05, 3.63) is 83.0 Å². The molecule has 0 fully saturated rings. The Bertz CT molecular complexity index is 1380. The van der Waals surface area contributed by atoms with Crippen LogP contribution in [0.15, 0.2) is 66.3 Å². The van der Waals surface area contributed by atoms with Crippen molar-refractivity contribution >= 4 is 34.1 Å². The number of nitrogens with zero attached hydrogens (tertiary/aromatic N) is 4. The summed E-state index contributed by atoms with van der Waals surface area (Å²) in [7, 11) is 0. The first-order valence-electron chi connectivity index (χ1n) is 12.1. The number of thiazole rings is 1. The van der Waals surface area contributed by atoms with E-state index in [4.69, 9.17) is 4.74 Å². The van der Waals surface area contributed by atoms with Gasteiger partial charge in [-0.2, -0.15) is 0 Å². The lowest BCUT2D eigenvalue weighted by molar-refractivity contribution is -0.113. The molecule has 0 saturated heterocycles. The van der Waals surface area contributed by atoms with E-state index in [1.807, 2.05) is 54.8 Å². The number of anilines is 1. The predicted octanol–water partition coefficient (Wildman–Crippen LogP) is 6.64. The Balaban J connectivity index is 1.40. The number of rotatable bonds is 11. The number of thioether (sulfide) groups is 1. The number of hydrogen-bond donors (Lipinski definition) is 1. The van der Waals surface area contributed by atoms with E-state index in [1.165, 1.54) is 23.1 Å². The number of carbonyl (C=O) groups excluding carboxylic acids is 1. The maximum absolute atomic E-state index is 12.7. The van der Waals surface area contributed by atoms with Gasteiger partial charge in [-0.05, 0) is 37.0 Å². The van der Waals surface area contributed by atoms with Crippen LogP contribution in [-0.4, -0.2) is 31.4 Å². The van der Waals surface area contributed by atoms with Gasteiger partial charge in [0.15, 0.2) is 16.1 Å². The average molecular weight is 534 g/mol. The minimum Gasteiger partial charge on any atom is -0.485 e. The van der Waals surface area contributed by atoms with Crippen molar-refractivity contribution in [3.63, 3.8) is 0 Å². The second-order valence-corrected chi connectivity index (χ2v) is 11.1. The molecule has 1 amide bonds. The normalized spacial score (nSPS) is 11.1. The van der Waals surface area contributed by atoms with Crippen LogP contribution in [0.2, 0.25) is 0 Å². The van der Waals surface area contributed by atoms with Crippen molar-refractivity contribution in [2.75, 3.05) is 11.1 Å². The van der Waals surface area contributed by atoms with Gasteiger partial charge < -0.3 is 10.1 Å². The Kier molecular flexibility index (Phi) is 8.78. The lowest BCUT2D eigenvalue weighted by atomic mass is 10.0. The molecule has 0 saturated carbocycles. The van der Waals surface area contributed by atoms with Gasteiger partial charge in [0, 0.05) is 17.0 Å². The highest BCUT2D eigenvalue weighted by Gasteiger charge is 2.17. The van der Waals surface area contributed by atoms with Crippen LogP contribution < -0.4 is 10.1 Å². The van der Waals surface area contributed by atoms with Crippen molar-refractivity contribution in [2.45, 2.75) is 51.9 Å². The van der Waals surface area contributed by atoms with Crippen LogP contribution >= 0.6 is 23.1 Å². The highest BCUT2D eigenvalue weighted by molar-refractivity contribution is 7.99. The fourth-order valence-electron chi connectivity index (χ4n) is 3.83. The summed E-state index contributed by atoms with van der Waals surface area (Å²) < 4.78 is 8.09. The maximum Gasteiger partial charge on any atom is 0.236 e.